The van der Waals surface area contributed by atoms with Gasteiger partial charge in [0.1, 0.15) is 11.1 Å². The highest BCUT2D eigenvalue weighted by Crippen LogP contribution is 2.51. The van der Waals surface area contributed by atoms with Crippen LogP contribution in [0.3, 0.4) is 0 Å². The molecular weight excluding hydrogens is 732 g/mol. The van der Waals surface area contributed by atoms with Crippen LogP contribution in [0.25, 0.3) is 0 Å². The van der Waals surface area contributed by atoms with Gasteiger partial charge in [-0.2, -0.15) is 0 Å². The second-order valence-electron chi connectivity index (χ2n) is 17.6. The van der Waals surface area contributed by atoms with Crippen LogP contribution in [0.15, 0.2) is 65.6 Å². The number of carbonyl (C=O) groups is 2. The summed E-state index contributed by atoms with van der Waals surface area (Å²) in [6, 6.07) is 14.3. The fourth-order valence-corrected chi connectivity index (χ4v) is 12.6. The molecule has 0 bridgehead atoms. The second-order valence-corrected chi connectivity index (χ2v) is 19.8. The van der Waals surface area contributed by atoms with E-state index in [9.17, 15) is 27.5 Å². The Morgan fingerprint density at radius 2 is 1.54 bits per heavy atom. The predicted molar refractivity (Wildman–Crippen MR) is 215 cm³/mol. The standard InChI is InChI=1S/C43H59FN6O5S/c1-31(24-46-17-2-3-18-46)41(51)50-28-38(29-50)56(54,55)37-13-11-36(12-14-37)49-26-32(27-49)25-47-21-15-33(16-22-47)43(30-48-19-6-20-48,34-7-4-8-35(44)23-34)39-9-5-10-40(39)45-42(52)53/h4,7-8,11-14,23,32-33,38-40,45H,1-3,5-6,9-10,15-22,24-30H2,(H,52,53)/t39-,40-,43?/m0/s1. The van der Waals surface area contributed by atoms with E-state index in [2.05, 4.69) is 37.6 Å². The second kappa shape index (κ2) is 16.4. The molecule has 2 aromatic rings. The number of carboxylic acid groups (broad SMARTS) is 1. The van der Waals surface area contributed by atoms with E-state index >= 15 is 0 Å². The number of likely N-dealkylation sites (tertiary alicyclic amines) is 4. The molecule has 56 heavy (non-hydrogen) atoms. The molecule has 1 aliphatic carbocycles. The summed E-state index contributed by atoms with van der Waals surface area (Å²) in [6.45, 7) is 14.6. The van der Waals surface area contributed by atoms with Crippen molar-refractivity contribution >= 4 is 27.5 Å². The van der Waals surface area contributed by atoms with Crippen LogP contribution in [0.4, 0.5) is 14.9 Å². The van der Waals surface area contributed by atoms with E-state index in [-0.39, 0.29) is 42.2 Å². The molecule has 6 fully saturated rings. The van der Waals surface area contributed by atoms with Crippen LogP contribution in [0.1, 0.15) is 56.9 Å². The Labute approximate surface area is 331 Å². The lowest BCUT2D eigenvalue weighted by molar-refractivity contribution is -0.130. The zero-order valence-electron chi connectivity index (χ0n) is 32.7. The van der Waals surface area contributed by atoms with Crippen LogP contribution in [0.2, 0.25) is 0 Å². The van der Waals surface area contributed by atoms with Crippen LogP contribution in [0.5, 0.6) is 0 Å². The van der Waals surface area contributed by atoms with Crippen molar-refractivity contribution in [3.8, 4) is 0 Å². The van der Waals surface area contributed by atoms with Crippen LogP contribution in [-0.4, -0.2) is 141 Å². The predicted octanol–water partition coefficient (Wildman–Crippen LogP) is 4.69. The number of anilines is 1. The molecule has 3 atom stereocenters. The summed E-state index contributed by atoms with van der Waals surface area (Å²) in [5, 5.41) is 12.1. The summed E-state index contributed by atoms with van der Waals surface area (Å²) >= 11 is 0. The minimum absolute atomic E-state index is 0.113. The van der Waals surface area contributed by atoms with E-state index in [4.69, 9.17) is 0 Å². The first-order chi connectivity index (χ1) is 27.0. The van der Waals surface area contributed by atoms with Gasteiger partial charge in [0.15, 0.2) is 9.84 Å². The number of carbonyl (C=O) groups excluding carboxylic acids is 1. The lowest BCUT2D eigenvalue weighted by atomic mass is 9.57. The first kappa shape index (κ1) is 39.3. The van der Waals surface area contributed by atoms with Crippen LogP contribution >= 0.6 is 0 Å². The highest BCUT2D eigenvalue weighted by atomic mass is 32.2. The summed E-state index contributed by atoms with van der Waals surface area (Å²) in [6.07, 6.45) is 7.19. The van der Waals surface area contributed by atoms with Crippen molar-refractivity contribution < 1.29 is 27.5 Å². The molecule has 13 heteroatoms. The molecule has 2 aromatic carbocycles. The van der Waals surface area contributed by atoms with Crippen LogP contribution in [-0.2, 0) is 20.0 Å². The van der Waals surface area contributed by atoms with Crippen LogP contribution in [0, 0.1) is 23.6 Å². The van der Waals surface area contributed by atoms with Gasteiger partial charge in [-0.3, -0.25) is 9.69 Å². The summed E-state index contributed by atoms with van der Waals surface area (Å²) < 4.78 is 41.8. The van der Waals surface area contributed by atoms with Gasteiger partial charge in [-0.05, 0) is 138 Å². The quantitative estimate of drug-likeness (QED) is 0.263. The van der Waals surface area contributed by atoms with Crippen molar-refractivity contribution in [1.82, 2.24) is 24.9 Å². The molecule has 8 rings (SSSR count). The number of halogens is 1. The molecule has 0 spiro atoms. The number of benzene rings is 2. The molecule has 6 aliphatic rings. The van der Waals surface area contributed by atoms with E-state index in [0.717, 1.165) is 122 Å². The average molecular weight is 791 g/mol. The smallest absolute Gasteiger partial charge is 0.404 e. The Morgan fingerprint density at radius 3 is 2.18 bits per heavy atom. The molecule has 0 radical (unpaired) electrons. The van der Waals surface area contributed by atoms with Gasteiger partial charge in [-0.25, -0.2) is 17.6 Å². The molecule has 1 unspecified atom stereocenters. The lowest BCUT2D eigenvalue weighted by Crippen LogP contribution is -2.60. The number of rotatable bonds is 14. The Morgan fingerprint density at radius 1 is 0.839 bits per heavy atom. The highest BCUT2D eigenvalue weighted by Gasteiger charge is 2.53. The minimum Gasteiger partial charge on any atom is -0.465 e. The van der Waals surface area contributed by atoms with Gasteiger partial charge in [-0.15, -0.1) is 0 Å². The summed E-state index contributed by atoms with van der Waals surface area (Å²) in [5.74, 6) is 0.580. The van der Waals surface area contributed by atoms with Gasteiger partial charge in [0.2, 0.25) is 0 Å². The SMILES string of the molecule is C=C(CN1CCCC1)C(=O)N1CC(S(=O)(=O)c2ccc(N3CC(CN4CCC(C(CN5CCC5)(c5cccc(F)c5)[C@H]5CCC[C@@H]5NC(=O)O)CC4)C3)cc2)C1. The van der Waals surface area contributed by atoms with E-state index in [1.807, 2.05) is 18.2 Å². The van der Waals surface area contributed by atoms with Crippen molar-refractivity contribution in [3.63, 3.8) is 0 Å². The topological polar surface area (TPSA) is 117 Å². The van der Waals surface area contributed by atoms with Gasteiger partial charge in [0.05, 0.1) is 4.90 Å². The van der Waals surface area contributed by atoms with Gasteiger partial charge in [0.25, 0.3) is 5.91 Å². The third kappa shape index (κ3) is 7.98. The number of nitrogens with one attached hydrogen (secondary N) is 1. The maximum absolute atomic E-state index is 14.9. The molecule has 2 N–H and O–H groups in total. The third-order valence-electron chi connectivity index (χ3n) is 14.1. The van der Waals surface area contributed by atoms with Crippen molar-refractivity contribution in [2.45, 2.75) is 73.0 Å². The van der Waals surface area contributed by atoms with Crippen LogP contribution < -0.4 is 10.2 Å². The highest BCUT2D eigenvalue weighted by molar-refractivity contribution is 7.92. The first-order valence-electron chi connectivity index (χ1n) is 21.0. The van der Waals surface area contributed by atoms with E-state index < -0.39 is 21.2 Å². The zero-order valence-corrected chi connectivity index (χ0v) is 33.5. The number of piperidine rings is 1. The number of sulfone groups is 1. The molecule has 304 valence electrons. The monoisotopic (exact) mass is 790 g/mol. The normalized spacial score (nSPS) is 25.7. The van der Waals surface area contributed by atoms with E-state index in [0.29, 0.717) is 28.8 Å². The fraction of sp³-hybridized carbons (Fsp3) is 0.628. The van der Waals surface area contributed by atoms with E-state index in [1.54, 1.807) is 23.1 Å². The summed E-state index contributed by atoms with van der Waals surface area (Å²) in [7, 11) is -3.54. The Hall–Kier alpha value is -3.52. The zero-order chi connectivity index (χ0) is 39.0. The Bertz CT molecular complexity index is 1850. The van der Waals surface area contributed by atoms with Gasteiger partial charge in [-0.1, -0.05) is 25.1 Å². The number of nitrogens with zero attached hydrogens (tertiary/aromatic N) is 5. The molecular formula is C43H59FN6O5S. The average Bonchev–Trinajstić information content (AvgIpc) is 3.81. The van der Waals surface area contributed by atoms with Crippen molar-refractivity contribution in [2.75, 3.05) is 90.0 Å². The van der Waals surface area contributed by atoms with Crippen molar-refractivity contribution in [1.29, 1.82) is 0 Å². The summed E-state index contributed by atoms with van der Waals surface area (Å²) in [5.41, 5.74) is 2.26. The maximum Gasteiger partial charge on any atom is 0.404 e. The molecule has 1 saturated carbocycles. The lowest BCUT2D eigenvalue weighted by Gasteiger charge is -2.54. The van der Waals surface area contributed by atoms with Crippen molar-refractivity contribution in [3.05, 3.63) is 72.1 Å². The Kier molecular flexibility index (Phi) is 11.5. The maximum atomic E-state index is 14.9. The van der Waals surface area contributed by atoms with Gasteiger partial charge < -0.3 is 30.0 Å². The largest absolute Gasteiger partial charge is 0.465 e. The van der Waals surface area contributed by atoms with Crippen molar-refractivity contribution in [2.24, 2.45) is 17.8 Å². The van der Waals surface area contributed by atoms with Gasteiger partial charge >= 0.3 is 6.09 Å². The third-order valence-corrected chi connectivity index (χ3v) is 16.2. The molecule has 5 saturated heterocycles. The number of hydrogen-bond acceptors (Lipinski definition) is 8. The molecule has 2 amide bonds. The first-order valence-corrected chi connectivity index (χ1v) is 22.5. The van der Waals surface area contributed by atoms with Gasteiger partial charge in [0, 0.05) is 74.4 Å². The number of amides is 2. The van der Waals surface area contributed by atoms with E-state index in [1.165, 1.54) is 12.5 Å². The number of hydrogen-bond donors (Lipinski definition) is 2. The molecule has 11 nitrogen and oxygen atoms in total. The molecule has 5 heterocycles. The minimum atomic E-state index is -3.54. The Balaban J connectivity index is 0.849. The molecule has 5 aliphatic heterocycles. The fourth-order valence-electron chi connectivity index (χ4n) is 10.9. The molecule has 0 aromatic heterocycles. The summed E-state index contributed by atoms with van der Waals surface area (Å²) in [4.78, 5) is 36.3.